The van der Waals surface area contributed by atoms with Gasteiger partial charge in [-0.25, -0.2) is 9.97 Å². The molecule has 17 heavy (non-hydrogen) atoms. The number of aromatic nitrogens is 2. The van der Waals surface area contributed by atoms with Gasteiger partial charge < -0.3 is 9.64 Å². The molecular weight excluding hydrogens is 214 g/mol. The van der Waals surface area contributed by atoms with Crippen molar-refractivity contribution in [2.75, 3.05) is 26.7 Å². The van der Waals surface area contributed by atoms with E-state index in [1.165, 1.54) is 31.5 Å². The second kappa shape index (κ2) is 3.95. The number of hydrogen-bond donors (Lipinski definition) is 0. The SMILES string of the molecule is COc1ncc(CCN2CC3(CC3)C2)c(C)n1. The normalized spacial score (nSPS) is 21.3. The largest absolute Gasteiger partial charge is 0.467 e. The number of nitrogens with zero attached hydrogens (tertiary/aromatic N) is 3. The molecule has 3 rings (SSSR count). The predicted octanol–water partition coefficient (Wildman–Crippen LogP) is 1.43. The summed E-state index contributed by atoms with van der Waals surface area (Å²) in [5.74, 6) is 0. The maximum Gasteiger partial charge on any atom is 0.316 e. The summed E-state index contributed by atoms with van der Waals surface area (Å²) in [6.07, 6.45) is 5.85. The zero-order chi connectivity index (χ0) is 11.9. The van der Waals surface area contributed by atoms with Gasteiger partial charge in [0.15, 0.2) is 0 Å². The van der Waals surface area contributed by atoms with E-state index in [-0.39, 0.29) is 0 Å². The maximum atomic E-state index is 5.01. The number of aryl methyl sites for hydroxylation is 1. The molecule has 0 unspecified atom stereocenters. The van der Waals surface area contributed by atoms with Gasteiger partial charge in [-0.3, -0.25) is 0 Å². The second-order valence-electron chi connectivity index (χ2n) is 5.43. The highest BCUT2D eigenvalue weighted by molar-refractivity contribution is 5.18. The summed E-state index contributed by atoms with van der Waals surface area (Å²) in [7, 11) is 1.60. The van der Waals surface area contributed by atoms with Crippen LogP contribution in [0.1, 0.15) is 24.1 Å². The maximum absolute atomic E-state index is 5.01. The van der Waals surface area contributed by atoms with E-state index in [0.29, 0.717) is 6.01 Å². The highest BCUT2D eigenvalue weighted by Crippen LogP contribution is 2.52. The van der Waals surface area contributed by atoms with Gasteiger partial charge in [0.2, 0.25) is 0 Å². The van der Waals surface area contributed by atoms with Crippen LogP contribution in [0.15, 0.2) is 6.20 Å². The van der Waals surface area contributed by atoms with Crippen molar-refractivity contribution in [1.82, 2.24) is 14.9 Å². The molecular formula is C13H19N3O. The van der Waals surface area contributed by atoms with Gasteiger partial charge in [0, 0.05) is 31.5 Å². The van der Waals surface area contributed by atoms with Crippen molar-refractivity contribution in [3.8, 4) is 6.01 Å². The Morgan fingerprint density at radius 2 is 2.18 bits per heavy atom. The van der Waals surface area contributed by atoms with E-state index in [9.17, 15) is 0 Å². The highest BCUT2D eigenvalue weighted by atomic mass is 16.5. The number of rotatable bonds is 4. The van der Waals surface area contributed by atoms with Crippen molar-refractivity contribution >= 4 is 0 Å². The van der Waals surface area contributed by atoms with Crippen LogP contribution in [-0.4, -0.2) is 41.6 Å². The molecule has 2 heterocycles. The summed E-state index contributed by atoms with van der Waals surface area (Å²) in [5.41, 5.74) is 3.03. The molecule has 2 aliphatic rings. The summed E-state index contributed by atoms with van der Waals surface area (Å²) in [6.45, 7) is 5.78. The van der Waals surface area contributed by atoms with Gasteiger partial charge in [0.25, 0.3) is 0 Å². The summed E-state index contributed by atoms with van der Waals surface area (Å²) >= 11 is 0. The van der Waals surface area contributed by atoms with E-state index in [1.807, 2.05) is 13.1 Å². The average Bonchev–Trinajstić information content (AvgIpc) is 3.06. The predicted molar refractivity (Wildman–Crippen MR) is 65.1 cm³/mol. The Balaban J connectivity index is 1.54. The van der Waals surface area contributed by atoms with Gasteiger partial charge in [0.05, 0.1) is 7.11 Å². The lowest BCUT2D eigenvalue weighted by Crippen LogP contribution is -2.48. The van der Waals surface area contributed by atoms with Crippen LogP contribution in [0.2, 0.25) is 0 Å². The Morgan fingerprint density at radius 1 is 1.41 bits per heavy atom. The van der Waals surface area contributed by atoms with Crippen LogP contribution in [0.4, 0.5) is 0 Å². The van der Waals surface area contributed by atoms with Crippen LogP contribution in [0.5, 0.6) is 6.01 Å². The standard InChI is InChI=1S/C13H19N3O/c1-10-11(7-14-12(15-10)17-2)3-6-16-8-13(9-16)4-5-13/h7H,3-6,8-9H2,1-2H3. The highest BCUT2D eigenvalue weighted by Gasteiger charge is 2.51. The van der Waals surface area contributed by atoms with Crippen LogP contribution >= 0.6 is 0 Å². The summed E-state index contributed by atoms with van der Waals surface area (Å²) in [4.78, 5) is 11.0. The number of ether oxygens (including phenoxy) is 1. The van der Waals surface area contributed by atoms with Gasteiger partial charge in [0.1, 0.15) is 0 Å². The van der Waals surface area contributed by atoms with E-state index in [0.717, 1.165) is 24.1 Å². The van der Waals surface area contributed by atoms with Crippen LogP contribution < -0.4 is 4.74 Å². The van der Waals surface area contributed by atoms with Crippen molar-refractivity contribution in [2.24, 2.45) is 5.41 Å². The molecule has 1 aromatic heterocycles. The Morgan fingerprint density at radius 3 is 2.76 bits per heavy atom. The van der Waals surface area contributed by atoms with Crippen molar-refractivity contribution in [3.63, 3.8) is 0 Å². The van der Waals surface area contributed by atoms with Crippen LogP contribution in [-0.2, 0) is 6.42 Å². The number of likely N-dealkylation sites (tertiary alicyclic amines) is 1. The zero-order valence-electron chi connectivity index (χ0n) is 10.6. The van der Waals surface area contributed by atoms with Gasteiger partial charge in [-0.15, -0.1) is 0 Å². The van der Waals surface area contributed by atoms with Gasteiger partial charge in [-0.1, -0.05) is 0 Å². The Kier molecular flexibility index (Phi) is 2.54. The van der Waals surface area contributed by atoms with Crippen LogP contribution in [0, 0.1) is 12.3 Å². The Labute approximate surface area is 102 Å². The minimum atomic E-state index is 0.465. The van der Waals surface area contributed by atoms with Crippen molar-refractivity contribution < 1.29 is 4.74 Å². The molecule has 4 heteroatoms. The molecule has 0 radical (unpaired) electrons. The van der Waals surface area contributed by atoms with E-state index < -0.39 is 0 Å². The minimum Gasteiger partial charge on any atom is -0.467 e. The van der Waals surface area contributed by atoms with Crippen molar-refractivity contribution in [1.29, 1.82) is 0 Å². The molecule has 1 spiro atoms. The number of hydrogen-bond acceptors (Lipinski definition) is 4. The van der Waals surface area contributed by atoms with Crippen LogP contribution in [0.25, 0.3) is 0 Å². The molecule has 0 amide bonds. The molecule has 0 aromatic carbocycles. The molecule has 2 fully saturated rings. The first-order valence-electron chi connectivity index (χ1n) is 6.30. The smallest absolute Gasteiger partial charge is 0.316 e. The topological polar surface area (TPSA) is 38.2 Å². The molecule has 1 aliphatic heterocycles. The third-order valence-corrected chi connectivity index (χ3v) is 4.01. The first kappa shape index (κ1) is 11.0. The van der Waals surface area contributed by atoms with E-state index in [1.54, 1.807) is 7.11 Å². The summed E-state index contributed by atoms with van der Waals surface area (Å²) in [5, 5.41) is 0. The molecule has 1 aliphatic carbocycles. The molecule has 1 saturated carbocycles. The Bertz CT molecular complexity index is 421. The van der Waals surface area contributed by atoms with Crippen molar-refractivity contribution in [3.05, 3.63) is 17.5 Å². The monoisotopic (exact) mass is 233 g/mol. The zero-order valence-corrected chi connectivity index (χ0v) is 10.6. The second-order valence-corrected chi connectivity index (χ2v) is 5.43. The van der Waals surface area contributed by atoms with Gasteiger partial charge in [-0.05, 0) is 37.2 Å². The quantitative estimate of drug-likeness (QED) is 0.788. The Hall–Kier alpha value is -1.16. The number of methoxy groups -OCH3 is 1. The van der Waals surface area contributed by atoms with Gasteiger partial charge >= 0.3 is 6.01 Å². The molecule has 0 bridgehead atoms. The van der Waals surface area contributed by atoms with E-state index in [4.69, 9.17) is 4.74 Å². The molecule has 92 valence electrons. The lowest BCUT2D eigenvalue weighted by Gasteiger charge is -2.40. The lowest BCUT2D eigenvalue weighted by molar-refractivity contribution is 0.0833. The molecule has 4 nitrogen and oxygen atoms in total. The van der Waals surface area contributed by atoms with E-state index in [2.05, 4.69) is 14.9 Å². The first-order chi connectivity index (χ1) is 8.21. The van der Waals surface area contributed by atoms with Gasteiger partial charge in [-0.2, -0.15) is 0 Å². The fourth-order valence-corrected chi connectivity index (χ4v) is 2.65. The van der Waals surface area contributed by atoms with E-state index >= 15 is 0 Å². The molecule has 0 N–H and O–H groups in total. The lowest BCUT2D eigenvalue weighted by atomic mass is 9.96. The van der Waals surface area contributed by atoms with Crippen LogP contribution in [0.3, 0.4) is 0 Å². The molecule has 1 aromatic rings. The molecule has 0 atom stereocenters. The summed E-state index contributed by atoms with van der Waals surface area (Å²) < 4.78 is 5.01. The first-order valence-corrected chi connectivity index (χ1v) is 6.30. The third kappa shape index (κ3) is 2.14. The fourth-order valence-electron chi connectivity index (χ4n) is 2.65. The fraction of sp³-hybridized carbons (Fsp3) is 0.692. The average molecular weight is 233 g/mol. The third-order valence-electron chi connectivity index (χ3n) is 4.01. The molecule has 1 saturated heterocycles. The minimum absolute atomic E-state index is 0.465. The van der Waals surface area contributed by atoms with Crippen molar-refractivity contribution in [2.45, 2.75) is 26.2 Å². The summed E-state index contributed by atoms with van der Waals surface area (Å²) in [6, 6.07) is 0.465.